The van der Waals surface area contributed by atoms with Crippen molar-refractivity contribution in [1.29, 1.82) is 0 Å². The summed E-state index contributed by atoms with van der Waals surface area (Å²) in [5.74, 6) is -1.61. The largest absolute Gasteiger partial charge is 0.507 e. The van der Waals surface area contributed by atoms with Crippen molar-refractivity contribution in [1.82, 2.24) is 4.98 Å². The van der Waals surface area contributed by atoms with Gasteiger partial charge in [0.15, 0.2) is 5.13 Å². The average Bonchev–Trinajstić information content (AvgIpc) is 3.37. The van der Waals surface area contributed by atoms with Gasteiger partial charge in [-0.25, -0.2) is 4.98 Å². The summed E-state index contributed by atoms with van der Waals surface area (Å²) >= 11 is 4.81. The lowest BCUT2D eigenvalue weighted by atomic mass is 9.95. The molecule has 5 rings (SSSR count). The Morgan fingerprint density at radius 2 is 1.76 bits per heavy atom. The molecule has 170 valence electrons. The van der Waals surface area contributed by atoms with Crippen molar-refractivity contribution in [3.05, 3.63) is 99.0 Å². The number of halogens is 1. The van der Waals surface area contributed by atoms with Crippen molar-refractivity contribution in [3.8, 4) is 0 Å². The number of hydrogen-bond acceptors (Lipinski definition) is 5. The van der Waals surface area contributed by atoms with Crippen molar-refractivity contribution in [3.63, 3.8) is 0 Å². The second kappa shape index (κ2) is 8.81. The van der Waals surface area contributed by atoms with Crippen LogP contribution in [0.15, 0.2) is 76.8 Å². The van der Waals surface area contributed by atoms with Gasteiger partial charge in [-0.3, -0.25) is 14.5 Å². The minimum absolute atomic E-state index is 0.0599. The molecule has 1 amide bonds. The van der Waals surface area contributed by atoms with E-state index < -0.39 is 17.7 Å². The fraction of sp³-hybridized carbons (Fsp3) is 0.148. The first-order valence-electron chi connectivity index (χ1n) is 10.9. The summed E-state index contributed by atoms with van der Waals surface area (Å²) in [6.45, 7) is 4.03. The number of carbonyl (C=O) groups excluding carboxylic acids is 2. The van der Waals surface area contributed by atoms with Crippen LogP contribution in [0.2, 0.25) is 0 Å². The molecular weight excluding hydrogens is 512 g/mol. The molecule has 0 bridgehead atoms. The molecular formula is C27H21BrN2O3S. The summed E-state index contributed by atoms with van der Waals surface area (Å²) < 4.78 is 1.82. The molecule has 0 spiro atoms. The number of rotatable bonds is 4. The van der Waals surface area contributed by atoms with Crippen LogP contribution in [0.3, 0.4) is 0 Å². The van der Waals surface area contributed by atoms with E-state index in [2.05, 4.69) is 33.9 Å². The van der Waals surface area contributed by atoms with Crippen LogP contribution in [-0.2, 0) is 16.0 Å². The Balaban J connectivity index is 1.71. The third-order valence-corrected chi connectivity index (χ3v) is 7.56. The Bertz CT molecular complexity index is 1460. The van der Waals surface area contributed by atoms with Crippen LogP contribution >= 0.6 is 27.3 Å². The van der Waals surface area contributed by atoms with Gasteiger partial charge in [-0.15, -0.1) is 0 Å². The number of carbonyl (C=O) groups is 2. The third-order valence-electron chi connectivity index (χ3n) is 6.01. The summed E-state index contributed by atoms with van der Waals surface area (Å²) in [4.78, 5) is 32.7. The Labute approximate surface area is 209 Å². The molecule has 4 aromatic rings. The van der Waals surface area contributed by atoms with Gasteiger partial charge in [-0.2, -0.15) is 0 Å². The molecule has 1 N–H and O–H groups in total. The SMILES string of the molecule is CCc1ccc2nc(N3C(=O)C(=O)C(=C(O)c4ccc(C)cc4)[C@@H]3c3ccc(Br)cc3)sc2c1. The number of hydrogen-bond donors (Lipinski definition) is 1. The number of ketones is 1. The van der Waals surface area contributed by atoms with E-state index in [-0.39, 0.29) is 11.3 Å². The third kappa shape index (κ3) is 3.85. The topological polar surface area (TPSA) is 70.5 Å². The van der Waals surface area contributed by atoms with Crippen molar-refractivity contribution < 1.29 is 14.7 Å². The van der Waals surface area contributed by atoms with E-state index in [9.17, 15) is 14.7 Å². The van der Waals surface area contributed by atoms with E-state index in [0.29, 0.717) is 16.3 Å². The van der Waals surface area contributed by atoms with Crippen molar-refractivity contribution in [2.75, 3.05) is 4.90 Å². The van der Waals surface area contributed by atoms with Crippen LogP contribution in [0.5, 0.6) is 0 Å². The quantitative estimate of drug-likeness (QED) is 0.183. The number of nitrogens with zero attached hydrogens (tertiary/aromatic N) is 2. The van der Waals surface area contributed by atoms with Gasteiger partial charge in [0.1, 0.15) is 5.76 Å². The Hall–Kier alpha value is -3.29. The number of anilines is 1. The van der Waals surface area contributed by atoms with E-state index in [4.69, 9.17) is 0 Å². The average molecular weight is 533 g/mol. The molecule has 1 aliphatic rings. The molecule has 0 saturated carbocycles. The van der Waals surface area contributed by atoms with Crippen molar-refractivity contribution >= 4 is 60.1 Å². The second-order valence-corrected chi connectivity index (χ2v) is 10.2. The molecule has 34 heavy (non-hydrogen) atoms. The summed E-state index contributed by atoms with van der Waals surface area (Å²) in [5, 5.41) is 11.6. The van der Waals surface area contributed by atoms with Crippen LogP contribution in [0.25, 0.3) is 16.0 Å². The van der Waals surface area contributed by atoms with Gasteiger partial charge < -0.3 is 5.11 Å². The Morgan fingerprint density at radius 1 is 1.06 bits per heavy atom. The van der Waals surface area contributed by atoms with Crippen LogP contribution in [-0.4, -0.2) is 21.8 Å². The lowest BCUT2D eigenvalue weighted by Gasteiger charge is -2.23. The van der Waals surface area contributed by atoms with Crippen LogP contribution in [0.4, 0.5) is 5.13 Å². The van der Waals surface area contributed by atoms with Crippen molar-refractivity contribution in [2.24, 2.45) is 0 Å². The van der Waals surface area contributed by atoms with Gasteiger partial charge in [0.05, 0.1) is 21.8 Å². The number of aromatic nitrogens is 1. The summed E-state index contributed by atoms with van der Waals surface area (Å²) in [7, 11) is 0. The maximum absolute atomic E-state index is 13.3. The normalized spacial score (nSPS) is 17.6. The minimum atomic E-state index is -0.791. The van der Waals surface area contributed by atoms with Crippen LogP contribution in [0.1, 0.15) is 35.2 Å². The van der Waals surface area contributed by atoms with E-state index in [1.807, 2.05) is 55.5 Å². The zero-order valence-electron chi connectivity index (χ0n) is 18.6. The maximum Gasteiger partial charge on any atom is 0.301 e. The van der Waals surface area contributed by atoms with Gasteiger partial charge in [-0.1, -0.05) is 82.2 Å². The van der Waals surface area contributed by atoms with E-state index in [1.165, 1.54) is 21.8 Å². The Kier molecular flexibility index (Phi) is 5.83. The fourth-order valence-electron chi connectivity index (χ4n) is 4.14. The molecule has 5 nitrogen and oxygen atoms in total. The minimum Gasteiger partial charge on any atom is -0.507 e. The number of amides is 1. The van der Waals surface area contributed by atoms with Gasteiger partial charge in [0, 0.05) is 10.0 Å². The van der Waals surface area contributed by atoms with Gasteiger partial charge >= 0.3 is 5.91 Å². The summed E-state index contributed by atoms with van der Waals surface area (Å²) in [5.41, 5.74) is 4.24. The monoisotopic (exact) mass is 532 g/mol. The lowest BCUT2D eigenvalue weighted by Crippen LogP contribution is -2.29. The highest BCUT2D eigenvalue weighted by molar-refractivity contribution is 9.10. The molecule has 1 aromatic heterocycles. The molecule has 1 fully saturated rings. The highest BCUT2D eigenvalue weighted by atomic mass is 79.9. The van der Waals surface area contributed by atoms with E-state index in [1.54, 1.807) is 12.1 Å². The van der Waals surface area contributed by atoms with Crippen LogP contribution < -0.4 is 4.90 Å². The first kappa shape index (κ1) is 22.5. The Morgan fingerprint density at radius 3 is 2.44 bits per heavy atom. The summed E-state index contributed by atoms with van der Waals surface area (Å²) in [6, 6.07) is 19.8. The number of fused-ring (bicyclic) bond motifs is 1. The lowest BCUT2D eigenvalue weighted by molar-refractivity contribution is -0.132. The maximum atomic E-state index is 13.3. The molecule has 0 radical (unpaired) electrons. The number of aryl methyl sites for hydroxylation is 2. The zero-order chi connectivity index (χ0) is 24.0. The summed E-state index contributed by atoms with van der Waals surface area (Å²) in [6.07, 6.45) is 0.892. The fourth-order valence-corrected chi connectivity index (χ4v) is 5.46. The highest BCUT2D eigenvalue weighted by Gasteiger charge is 2.48. The molecule has 2 heterocycles. The van der Waals surface area contributed by atoms with Gasteiger partial charge in [-0.05, 0) is 48.7 Å². The van der Waals surface area contributed by atoms with Gasteiger partial charge in [0.2, 0.25) is 0 Å². The predicted molar refractivity (Wildman–Crippen MR) is 139 cm³/mol. The number of thiazole rings is 1. The number of benzene rings is 3. The predicted octanol–water partition coefficient (Wildman–Crippen LogP) is 6.56. The highest BCUT2D eigenvalue weighted by Crippen LogP contribution is 2.44. The number of aliphatic hydroxyl groups is 1. The van der Waals surface area contributed by atoms with E-state index in [0.717, 1.165) is 26.7 Å². The van der Waals surface area contributed by atoms with Crippen LogP contribution in [0, 0.1) is 6.92 Å². The molecule has 3 aromatic carbocycles. The molecule has 1 saturated heterocycles. The standard InChI is InChI=1S/C27H21BrN2O3S/c1-3-16-6-13-20-21(14-16)34-27(29-20)30-23(17-9-11-19(28)12-10-17)22(25(32)26(30)33)24(31)18-7-4-15(2)5-8-18/h4-14,23,31H,3H2,1-2H3/t23-/m0/s1. The van der Waals surface area contributed by atoms with Gasteiger partial charge in [0.25, 0.3) is 5.78 Å². The molecule has 1 aliphatic heterocycles. The first-order valence-corrected chi connectivity index (χ1v) is 12.5. The molecule has 0 unspecified atom stereocenters. The van der Waals surface area contributed by atoms with Crippen molar-refractivity contribution in [2.45, 2.75) is 26.3 Å². The molecule has 7 heteroatoms. The zero-order valence-corrected chi connectivity index (χ0v) is 21.0. The number of Topliss-reactive ketones (excluding diaryl/α,β-unsaturated/α-hetero) is 1. The number of aliphatic hydroxyl groups excluding tert-OH is 1. The van der Waals surface area contributed by atoms with E-state index >= 15 is 0 Å². The molecule has 0 aliphatic carbocycles. The molecule has 1 atom stereocenters. The second-order valence-electron chi connectivity index (χ2n) is 8.24. The first-order chi connectivity index (χ1) is 16.4. The smallest absolute Gasteiger partial charge is 0.301 e.